The normalized spacial score (nSPS) is 10.8. The maximum atomic E-state index is 5.20. The molecule has 5 heteroatoms. The van der Waals surface area contributed by atoms with Gasteiger partial charge in [0.1, 0.15) is 5.75 Å². The Balaban J connectivity index is 2.16. The van der Waals surface area contributed by atoms with Gasteiger partial charge in [-0.2, -0.15) is 0 Å². The lowest BCUT2D eigenvalue weighted by molar-refractivity contribution is 0.415. The SMILES string of the molecule is COc1cccc(-c2nc3c(Br)cccn3n2)c1. The fourth-order valence-electron chi connectivity index (χ4n) is 1.76. The van der Waals surface area contributed by atoms with Crippen molar-refractivity contribution in [1.82, 2.24) is 14.6 Å². The molecule has 0 spiro atoms. The first-order valence-corrected chi connectivity index (χ1v) is 6.22. The van der Waals surface area contributed by atoms with Crippen molar-refractivity contribution in [1.29, 1.82) is 0 Å². The van der Waals surface area contributed by atoms with Gasteiger partial charge >= 0.3 is 0 Å². The van der Waals surface area contributed by atoms with Gasteiger partial charge in [-0.15, -0.1) is 5.10 Å². The summed E-state index contributed by atoms with van der Waals surface area (Å²) in [5, 5.41) is 4.44. The van der Waals surface area contributed by atoms with E-state index in [1.807, 2.05) is 42.6 Å². The lowest BCUT2D eigenvalue weighted by atomic mass is 10.2. The number of hydrogen-bond acceptors (Lipinski definition) is 3. The third-order valence-electron chi connectivity index (χ3n) is 2.64. The minimum Gasteiger partial charge on any atom is -0.497 e. The van der Waals surface area contributed by atoms with Crippen LogP contribution < -0.4 is 4.74 Å². The van der Waals surface area contributed by atoms with E-state index in [0.29, 0.717) is 5.82 Å². The summed E-state index contributed by atoms with van der Waals surface area (Å²) in [5.41, 5.74) is 1.74. The molecule has 4 nitrogen and oxygen atoms in total. The van der Waals surface area contributed by atoms with Crippen molar-refractivity contribution in [2.45, 2.75) is 0 Å². The molecule has 0 aliphatic heterocycles. The third-order valence-corrected chi connectivity index (χ3v) is 3.26. The number of halogens is 1. The molecule has 0 amide bonds. The summed E-state index contributed by atoms with van der Waals surface area (Å²) < 4.78 is 7.87. The zero-order chi connectivity index (χ0) is 12.5. The molecule has 0 aliphatic rings. The van der Waals surface area contributed by atoms with E-state index in [2.05, 4.69) is 26.0 Å². The van der Waals surface area contributed by atoms with Crippen LogP contribution in [0.4, 0.5) is 0 Å². The van der Waals surface area contributed by atoms with Crippen molar-refractivity contribution in [2.75, 3.05) is 7.11 Å². The standard InChI is InChI=1S/C13H10BrN3O/c1-18-10-5-2-4-9(8-10)12-15-13-11(14)6-3-7-17(13)16-12/h2-8H,1H3. The van der Waals surface area contributed by atoms with Crippen LogP contribution in [-0.4, -0.2) is 21.7 Å². The second-order valence-electron chi connectivity index (χ2n) is 3.79. The quantitative estimate of drug-likeness (QED) is 0.730. The third kappa shape index (κ3) is 1.86. The van der Waals surface area contributed by atoms with Crippen LogP contribution in [0, 0.1) is 0 Å². The number of benzene rings is 1. The minimum atomic E-state index is 0.681. The lowest BCUT2D eigenvalue weighted by Gasteiger charge is -2.00. The Morgan fingerprint density at radius 2 is 2.11 bits per heavy atom. The maximum absolute atomic E-state index is 5.20. The van der Waals surface area contributed by atoms with Crippen molar-refractivity contribution >= 4 is 21.6 Å². The molecule has 2 aromatic heterocycles. The zero-order valence-electron chi connectivity index (χ0n) is 9.67. The number of methoxy groups -OCH3 is 1. The number of hydrogen-bond donors (Lipinski definition) is 0. The molecule has 0 unspecified atom stereocenters. The number of ether oxygens (including phenoxy) is 1. The molecule has 0 bridgehead atoms. The van der Waals surface area contributed by atoms with Crippen LogP contribution in [0.2, 0.25) is 0 Å². The van der Waals surface area contributed by atoms with Crippen LogP contribution in [0.3, 0.4) is 0 Å². The van der Waals surface area contributed by atoms with Crippen molar-refractivity contribution in [3.8, 4) is 17.1 Å². The molecule has 3 rings (SSSR count). The molecule has 0 fully saturated rings. The average molecular weight is 304 g/mol. The topological polar surface area (TPSA) is 39.4 Å². The van der Waals surface area contributed by atoms with Gasteiger partial charge in [0, 0.05) is 11.8 Å². The predicted octanol–water partition coefficient (Wildman–Crippen LogP) is 3.17. The van der Waals surface area contributed by atoms with E-state index < -0.39 is 0 Å². The van der Waals surface area contributed by atoms with Gasteiger partial charge in [0.15, 0.2) is 11.5 Å². The Morgan fingerprint density at radius 1 is 1.22 bits per heavy atom. The monoisotopic (exact) mass is 303 g/mol. The first-order valence-electron chi connectivity index (χ1n) is 5.43. The van der Waals surface area contributed by atoms with Gasteiger partial charge in [-0.05, 0) is 40.2 Å². The van der Waals surface area contributed by atoms with E-state index in [4.69, 9.17) is 4.74 Å². The van der Waals surface area contributed by atoms with Gasteiger partial charge in [0.2, 0.25) is 0 Å². The van der Waals surface area contributed by atoms with E-state index in [9.17, 15) is 0 Å². The minimum absolute atomic E-state index is 0.681. The summed E-state index contributed by atoms with van der Waals surface area (Å²) >= 11 is 3.46. The smallest absolute Gasteiger partial charge is 0.182 e. The van der Waals surface area contributed by atoms with Crippen LogP contribution in [0.1, 0.15) is 0 Å². The first-order chi connectivity index (χ1) is 8.78. The van der Waals surface area contributed by atoms with Crippen molar-refractivity contribution < 1.29 is 4.74 Å². The lowest BCUT2D eigenvalue weighted by Crippen LogP contribution is -1.87. The van der Waals surface area contributed by atoms with E-state index in [0.717, 1.165) is 21.4 Å². The molecule has 0 radical (unpaired) electrons. The fourth-order valence-corrected chi connectivity index (χ4v) is 2.18. The predicted molar refractivity (Wildman–Crippen MR) is 72.7 cm³/mol. The van der Waals surface area contributed by atoms with E-state index in [1.54, 1.807) is 11.6 Å². The second-order valence-corrected chi connectivity index (χ2v) is 4.65. The van der Waals surface area contributed by atoms with Crippen LogP contribution in [0.5, 0.6) is 5.75 Å². The highest BCUT2D eigenvalue weighted by molar-refractivity contribution is 9.10. The highest BCUT2D eigenvalue weighted by atomic mass is 79.9. The van der Waals surface area contributed by atoms with E-state index in [1.165, 1.54) is 0 Å². The van der Waals surface area contributed by atoms with Crippen molar-refractivity contribution in [2.24, 2.45) is 0 Å². The summed E-state index contributed by atoms with van der Waals surface area (Å²) in [5.74, 6) is 1.48. The summed E-state index contributed by atoms with van der Waals surface area (Å²) in [4.78, 5) is 4.51. The molecule has 0 saturated heterocycles. The molecule has 2 heterocycles. The van der Waals surface area contributed by atoms with Gasteiger partial charge in [-0.3, -0.25) is 0 Å². The van der Waals surface area contributed by atoms with Gasteiger partial charge < -0.3 is 4.74 Å². The van der Waals surface area contributed by atoms with Crippen LogP contribution >= 0.6 is 15.9 Å². The molecule has 0 aliphatic carbocycles. The molecule has 0 saturated carbocycles. The largest absolute Gasteiger partial charge is 0.497 e. The summed E-state index contributed by atoms with van der Waals surface area (Å²) in [6, 6.07) is 11.6. The first kappa shape index (κ1) is 11.2. The van der Waals surface area contributed by atoms with Gasteiger partial charge in [0.25, 0.3) is 0 Å². The zero-order valence-corrected chi connectivity index (χ0v) is 11.3. The maximum Gasteiger partial charge on any atom is 0.182 e. The average Bonchev–Trinajstić information content (AvgIpc) is 2.84. The Labute approximate surface area is 112 Å². The Morgan fingerprint density at radius 3 is 2.89 bits per heavy atom. The summed E-state index contributed by atoms with van der Waals surface area (Å²) in [6.45, 7) is 0. The highest BCUT2D eigenvalue weighted by Crippen LogP contribution is 2.23. The number of fused-ring (bicyclic) bond motifs is 1. The van der Waals surface area contributed by atoms with Crippen LogP contribution in [0.15, 0.2) is 47.1 Å². The van der Waals surface area contributed by atoms with Crippen molar-refractivity contribution in [3.63, 3.8) is 0 Å². The van der Waals surface area contributed by atoms with Gasteiger partial charge in [-0.25, -0.2) is 9.50 Å². The molecule has 0 N–H and O–H groups in total. The summed E-state index contributed by atoms with van der Waals surface area (Å²) in [6.07, 6.45) is 1.87. The second kappa shape index (κ2) is 4.42. The molecule has 1 aromatic carbocycles. The Bertz CT molecular complexity index is 708. The van der Waals surface area contributed by atoms with E-state index >= 15 is 0 Å². The fraction of sp³-hybridized carbons (Fsp3) is 0.0769. The van der Waals surface area contributed by atoms with Gasteiger partial charge in [-0.1, -0.05) is 12.1 Å². The molecular formula is C13H10BrN3O. The summed E-state index contributed by atoms with van der Waals surface area (Å²) in [7, 11) is 1.65. The molecule has 3 aromatic rings. The molecular weight excluding hydrogens is 294 g/mol. The molecule has 90 valence electrons. The number of rotatable bonds is 2. The number of pyridine rings is 1. The van der Waals surface area contributed by atoms with Crippen molar-refractivity contribution in [3.05, 3.63) is 47.1 Å². The number of nitrogens with zero attached hydrogens (tertiary/aromatic N) is 3. The van der Waals surface area contributed by atoms with Gasteiger partial charge in [0.05, 0.1) is 11.6 Å². The molecule has 0 atom stereocenters. The van der Waals surface area contributed by atoms with Crippen LogP contribution in [-0.2, 0) is 0 Å². The number of aromatic nitrogens is 3. The van der Waals surface area contributed by atoms with E-state index in [-0.39, 0.29) is 0 Å². The highest BCUT2D eigenvalue weighted by Gasteiger charge is 2.08. The molecule has 18 heavy (non-hydrogen) atoms. The van der Waals surface area contributed by atoms with Crippen LogP contribution in [0.25, 0.3) is 17.0 Å². The Kier molecular flexibility index (Phi) is 2.76. The Hall–Kier alpha value is -1.88.